The number of amides is 1. The molecule has 2 rings (SSSR count). The highest BCUT2D eigenvalue weighted by Gasteiger charge is 2.23. The van der Waals surface area contributed by atoms with Gasteiger partial charge in [-0.2, -0.15) is 5.10 Å². The Kier molecular flexibility index (Phi) is 5.54. The van der Waals surface area contributed by atoms with E-state index in [-0.39, 0.29) is 17.9 Å². The van der Waals surface area contributed by atoms with Gasteiger partial charge in [-0.1, -0.05) is 20.8 Å². The standard InChI is InChI=1S/C16H24N4O2S/c1-16(2,3)11-20(6-5-7-21)15(22)13-9-17-14(23-13)12-8-18-19(4)10-12/h8-10,21H,5-7,11H2,1-4H3. The van der Waals surface area contributed by atoms with Crippen LogP contribution in [-0.2, 0) is 7.05 Å². The first-order chi connectivity index (χ1) is 10.8. The van der Waals surface area contributed by atoms with Crippen molar-refractivity contribution >= 4 is 17.2 Å². The minimum absolute atomic E-state index is 0.00197. The van der Waals surface area contributed by atoms with Crippen molar-refractivity contribution < 1.29 is 9.90 Å². The van der Waals surface area contributed by atoms with Crippen molar-refractivity contribution in [2.75, 3.05) is 19.7 Å². The van der Waals surface area contributed by atoms with Crippen molar-refractivity contribution in [3.8, 4) is 10.6 Å². The Morgan fingerprint density at radius 1 is 1.39 bits per heavy atom. The number of aromatic nitrogens is 3. The quantitative estimate of drug-likeness (QED) is 0.879. The Labute approximate surface area is 140 Å². The second-order valence-electron chi connectivity index (χ2n) is 6.80. The van der Waals surface area contributed by atoms with E-state index in [2.05, 4.69) is 30.9 Å². The molecular weight excluding hydrogens is 312 g/mol. The zero-order chi connectivity index (χ0) is 17.0. The van der Waals surface area contributed by atoms with Gasteiger partial charge in [-0.15, -0.1) is 11.3 Å². The Morgan fingerprint density at radius 2 is 2.13 bits per heavy atom. The van der Waals surface area contributed by atoms with Crippen molar-refractivity contribution in [3.05, 3.63) is 23.5 Å². The predicted molar refractivity (Wildman–Crippen MR) is 91.4 cm³/mol. The number of hydrogen-bond donors (Lipinski definition) is 1. The fourth-order valence-corrected chi connectivity index (χ4v) is 3.14. The molecule has 6 nitrogen and oxygen atoms in total. The third-order valence-electron chi connectivity index (χ3n) is 3.21. The topological polar surface area (TPSA) is 71.2 Å². The van der Waals surface area contributed by atoms with Crippen LogP contribution < -0.4 is 0 Å². The van der Waals surface area contributed by atoms with E-state index in [1.807, 2.05) is 13.2 Å². The summed E-state index contributed by atoms with van der Waals surface area (Å²) < 4.78 is 1.71. The van der Waals surface area contributed by atoms with Gasteiger partial charge >= 0.3 is 0 Å². The van der Waals surface area contributed by atoms with E-state index in [1.165, 1.54) is 11.3 Å². The van der Waals surface area contributed by atoms with Crippen molar-refractivity contribution in [1.29, 1.82) is 0 Å². The maximum Gasteiger partial charge on any atom is 0.265 e. The van der Waals surface area contributed by atoms with Crippen LogP contribution in [0.15, 0.2) is 18.6 Å². The molecule has 0 unspecified atom stereocenters. The van der Waals surface area contributed by atoms with Crippen molar-refractivity contribution in [3.63, 3.8) is 0 Å². The number of thiazole rings is 1. The highest BCUT2D eigenvalue weighted by atomic mass is 32.1. The Morgan fingerprint density at radius 3 is 2.70 bits per heavy atom. The van der Waals surface area contributed by atoms with Crippen molar-refractivity contribution in [2.45, 2.75) is 27.2 Å². The molecule has 0 bridgehead atoms. The Hall–Kier alpha value is -1.73. The molecule has 0 aliphatic carbocycles. The highest BCUT2D eigenvalue weighted by molar-refractivity contribution is 7.16. The lowest BCUT2D eigenvalue weighted by Crippen LogP contribution is -2.38. The van der Waals surface area contributed by atoms with E-state index in [4.69, 9.17) is 5.11 Å². The Bertz CT molecular complexity index is 657. The lowest BCUT2D eigenvalue weighted by atomic mass is 9.96. The first kappa shape index (κ1) is 17.6. The number of aliphatic hydroxyl groups excluding tert-OH is 1. The van der Waals surface area contributed by atoms with Crippen LogP contribution in [0.3, 0.4) is 0 Å². The number of carbonyl (C=O) groups excluding carboxylic acids is 1. The molecule has 2 aromatic rings. The summed E-state index contributed by atoms with van der Waals surface area (Å²) in [6.45, 7) is 7.57. The van der Waals surface area contributed by atoms with Crippen LogP contribution >= 0.6 is 11.3 Å². The fourth-order valence-electron chi connectivity index (χ4n) is 2.28. The summed E-state index contributed by atoms with van der Waals surface area (Å²) >= 11 is 1.38. The van der Waals surface area contributed by atoms with E-state index in [1.54, 1.807) is 22.0 Å². The summed E-state index contributed by atoms with van der Waals surface area (Å²) in [5.41, 5.74) is 0.913. The fraction of sp³-hybridized carbons (Fsp3) is 0.562. The zero-order valence-corrected chi connectivity index (χ0v) is 14.9. The predicted octanol–water partition coefficient (Wildman–Crippen LogP) is 2.41. The molecule has 1 amide bonds. The summed E-state index contributed by atoms with van der Waals surface area (Å²) in [5.74, 6) is -0.0268. The third-order valence-corrected chi connectivity index (χ3v) is 4.24. The lowest BCUT2D eigenvalue weighted by molar-refractivity contribution is 0.0687. The maximum atomic E-state index is 12.8. The normalized spacial score (nSPS) is 11.7. The molecule has 0 aromatic carbocycles. The average molecular weight is 336 g/mol. The van der Waals surface area contributed by atoms with Crippen LogP contribution in [0.4, 0.5) is 0 Å². The molecule has 1 N–H and O–H groups in total. The number of nitrogens with zero attached hydrogens (tertiary/aromatic N) is 4. The second kappa shape index (κ2) is 7.23. The van der Waals surface area contributed by atoms with Gasteiger partial charge in [-0.3, -0.25) is 9.48 Å². The monoisotopic (exact) mass is 336 g/mol. The summed E-state index contributed by atoms with van der Waals surface area (Å²) in [4.78, 5) is 19.5. The molecule has 0 radical (unpaired) electrons. The molecule has 0 atom stereocenters. The SMILES string of the molecule is Cn1cc(-c2ncc(C(=O)N(CCCO)CC(C)(C)C)s2)cn1. The lowest BCUT2D eigenvalue weighted by Gasteiger charge is -2.29. The third kappa shape index (κ3) is 4.87. The number of hydrogen-bond acceptors (Lipinski definition) is 5. The van der Waals surface area contributed by atoms with E-state index in [9.17, 15) is 4.79 Å². The van der Waals surface area contributed by atoms with Crippen LogP contribution in [0.5, 0.6) is 0 Å². The van der Waals surface area contributed by atoms with Gasteiger partial charge in [-0.25, -0.2) is 4.98 Å². The number of aryl methyl sites for hydroxylation is 1. The van der Waals surface area contributed by atoms with Crippen LogP contribution in [0.25, 0.3) is 10.6 Å². The van der Waals surface area contributed by atoms with Gasteiger partial charge in [0.05, 0.1) is 12.4 Å². The van der Waals surface area contributed by atoms with Gasteiger partial charge in [0.25, 0.3) is 5.91 Å². The summed E-state index contributed by atoms with van der Waals surface area (Å²) in [6, 6.07) is 0. The van der Waals surface area contributed by atoms with Gasteiger partial charge in [0.15, 0.2) is 0 Å². The van der Waals surface area contributed by atoms with Crippen molar-refractivity contribution in [2.24, 2.45) is 12.5 Å². The average Bonchev–Trinajstić information content (AvgIpc) is 3.10. The molecule has 0 fully saturated rings. The highest BCUT2D eigenvalue weighted by Crippen LogP contribution is 2.26. The van der Waals surface area contributed by atoms with Gasteiger partial charge in [0.2, 0.25) is 0 Å². The molecule has 126 valence electrons. The zero-order valence-electron chi connectivity index (χ0n) is 14.1. The minimum Gasteiger partial charge on any atom is -0.396 e. The molecule has 2 heterocycles. The van der Waals surface area contributed by atoms with Crippen LogP contribution in [-0.4, -0.2) is 50.4 Å². The van der Waals surface area contributed by atoms with Crippen LogP contribution in [0.2, 0.25) is 0 Å². The Balaban J connectivity index is 2.17. The van der Waals surface area contributed by atoms with Crippen molar-refractivity contribution in [1.82, 2.24) is 19.7 Å². The molecule has 2 aromatic heterocycles. The molecule has 0 saturated heterocycles. The van der Waals surface area contributed by atoms with Gasteiger partial charge in [0.1, 0.15) is 9.88 Å². The summed E-state index contributed by atoms with van der Waals surface area (Å²) in [5, 5.41) is 14.0. The van der Waals surface area contributed by atoms with Gasteiger partial charge in [-0.05, 0) is 11.8 Å². The largest absolute Gasteiger partial charge is 0.396 e. The summed E-state index contributed by atoms with van der Waals surface area (Å²) in [7, 11) is 1.85. The van der Waals surface area contributed by atoms with E-state index < -0.39 is 0 Å². The molecule has 0 saturated carbocycles. The number of rotatable bonds is 6. The van der Waals surface area contributed by atoms with E-state index >= 15 is 0 Å². The van der Waals surface area contributed by atoms with E-state index in [0.29, 0.717) is 24.4 Å². The van der Waals surface area contributed by atoms with E-state index in [0.717, 1.165) is 10.6 Å². The maximum absolute atomic E-state index is 12.8. The first-order valence-electron chi connectivity index (χ1n) is 7.65. The van der Waals surface area contributed by atoms with Crippen LogP contribution in [0.1, 0.15) is 36.9 Å². The van der Waals surface area contributed by atoms with Crippen LogP contribution in [0, 0.1) is 5.41 Å². The second-order valence-corrected chi connectivity index (χ2v) is 7.83. The molecule has 0 aliphatic rings. The molecule has 0 aliphatic heterocycles. The smallest absolute Gasteiger partial charge is 0.265 e. The number of carbonyl (C=O) groups is 1. The first-order valence-corrected chi connectivity index (χ1v) is 8.47. The molecule has 7 heteroatoms. The number of aliphatic hydroxyl groups is 1. The van der Waals surface area contributed by atoms with Gasteiger partial charge < -0.3 is 10.0 Å². The molecule has 0 spiro atoms. The van der Waals surface area contributed by atoms with Gasteiger partial charge in [0, 0.05) is 38.5 Å². The molecule has 23 heavy (non-hydrogen) atoms. The molecular formula is C16H24N4O2S. The summed E-state index contributed by atoms with van der Waals surface area (Å²) in [6.07, 6.45) is 5.83. The minimum atomic E-state index is -0.0268.